The molecule has 3 aromatic rings. The van der Waals surface area contributed by atoms with Gasteiger partial charge in [-0.3, -0.25) is 4.79 Å². The van der Waals surface area contributed by atoms with Crippen molar-refractivity contribution in [2.75, 3.05) is 25.6 Å². The molecule has 1 amide bonds. The second kappa shape index (κ2) is 10.3. The maximum absolute atomic E-state index is 12.6. The second-order valence-electron chi connectivity index (χ2n) is 6.77. The topological polar surface area (TPSA) is 76.1 Å². The zero-order valence-corrected chi connectivity index (χ0v) is 16.8. The van der Waals surface area contributed by atoms with E-state index in [1.54, 1.807) is 13.2 Å². The normalized spacial score (nSPS) is 10.6. The molecule has 0 radical (unpaired) electrons. The molecule has 29 heavy (non-hydrogen) atoms. The van der Waals surface area contributed by atoms with Gasteiger partial charge in [0.05, 0.1) is 0 Å². The van der Waals surface area contributed by atoms with Crippen LogP contribution in [0.5, 0.6) is 0 Å². The molecule has 0 aliphatic rings. The van der Waals surface area contributed by atoms with Gasteiger partial charge in [-0.05, 0) is 18.9 Å². The fourth-order valence-electron chi connectivity index (χ4n) is 2.78. The number of hydrogen-bond acceptors (Lipinski definition) is 5. The highest BCUT2D eigenvalue weighted by molar-refractivity contribution is 5.93. The van der Waals surface area contributed by atoms with Gasteiger partial charge in [0.25, 0.3) is 5.91 Å². The number of carbonyl (C=O) groups excluding carboxylic acids is 1. The van der Waals surface area contributed by atoms with Gasteiger partial charge in [-0.1, -0.05) is 60.2 Å². The van der Waals surface area contributed by atoms with Crippen molar-refractivity contribution >= 4 is 11.7 Å². The summed E-state index contributed by atoms with van der Waals surface area (Å²) in [7, 11) is 1.64. The summed E-state index contributed by atoms with van der Waals surface area (Å²) in [5.41, 5.74) is 3.55. The number of nitrogens with zero attached hydrogens (tertiary/aromatic N) is 2. The number of aryl methyl sites for hydroxylation is 1. The minimum atomic E-state index is -0.223. The standard InChI is InChI=1S/C23H26N4O2/c1-17-9-11-18(12-10-17)16-25-21-15-20(23(28)24-13-6-14-29-2)26-22(27-21)19-7-4-3-5-8-19/h3-5,7-12,15H,6,13-14,16H2,1-2H3,(H,24,28)(H,25,26,27). The van der Waals surface area contributed by atoms with Gasteiger partial charge in [-0.15, -0.1) is 0 Å². The number of benzene rings is 2. The van der Waals surface area contributed by atoms with Crippen molar-refractivity contribution in [3.8, 4) is 11.4 Å². The summed E-state index contributed by atoms with van der Waals surface area (Å²) in [5.74, 6) is 0.905. The number of aromatic nitrogens is 2. The lowest BCUT2D eigenvalue weighted by molar-refractivity contribution is 0.0943. The molecular formula is C23H26N4O2. The Morgan fingerprint density at radius 2 is 1.79 bits per heavy atom. The van der Waals surface area contributed by atoms with Gasteiger partial charge in [0.2, 0.25) is 0 Å². The Labute approximate surface area is 171 Å². The molecule has 2 N–H and O–H groups in total. The Balaban J connectivity index is 1.80. The monoisotopic (exact) mass is 390 g/mol. The van der Waals surface area contributed by atoms with Crippen molar-refractivity contribution < 1.29 is 9.53 Å². The Hall–Kier alpha value is -3.25. The van der Waals surface area contributed by atoms with Crippen LogP contribution in [-0.2, 0) is 11.3 Å². The van der Waals surface area contributed by atoms with Crippen molar-refractivity contribution in [1.29, 1.82) is 0 Å². The maximum Gasteiger partial charge on any atom is 0.270 e. The van der Waals surface area contributed by atoms with E-state index in [9.17, 15) is 4.79 Å². The second-order valence-corrected chi connectivity index (χ2v) is 6.77. The van der Waals surface area contributed by atoms with Crippen molar-refractivity contribution in [3.05, 3.63) is 77.5 Å². The van der Waals surface area contributed by atoms with Crippen LogP contribution in [-0.4, -0.2) is 36.1 Å². The molecule has 0 fully saturated rings. The third-order valence-corrected chi connectivity index (χ3v) is 4.40. The summed E-state index contributed by atoms with van der Waals surface area (Å²) < 4.78 is 5.02. The van der Waals surface area contributed by atoms with Gasteiger partial charge in [0.1, 0.15) is 11.5 Å². The first-order valence-electron chi connectivity index (χ1n) is 9.67. The Morgan fingerprint density at radius 1 is 1.03 bits per heavy atom. The molecule has 1 heterocycles. The zero-order valence-electron chi connectivity index (χ0n) is 16.8. The van der Waals surface area contributed by atoms with Crippen LogP contribution in [0.25, 0.3) is 11.4 Å². The first kappa shape index (κ1) is 20.5. The molecule has 0 aliphatic heterocycles. The molecule has 0 saturated carbocycles. The molecule has 0 bridgehead atoms. The summed E-state index contributed by atoms with van der Waals surface area (Å²) in [4.78, 5) is 21.7. The van der Waals surface area contributed by atoms with Gasteiger partial charge in [0, 0.05) is 38.4 Å². The number of nitrogens with one attached hydrogen (secondary N) is 2. The molecule has 0 atom stereocenters. The smallest absolute Gasteiger partial charge is 0.270 e. The maximum atomic E-state index is 12.6. The van der Waals surface area contributed by atoms with Gasteiger partial charge < -0.3 is 15.4 Å². The Morgan fingerprint density at radius 3 is 2.52 bits per heavy atom. The van der Waals surface area contributed by atoms with E-state index in [0.29, 0.717) is 37.0 Å². The minimum Gasteiger partial charge on any atom is -0.385 e. The van der Waals surface area contributed by atoms with E-state index in [1.807, 2.05) is 30.3 Å². The van der Waals surface area contributed by atoms with Crippen LogP contribution >= 0.6 is 0 Å². The van der Waals surface area contributed by atoms with E-state index in [-0.39, 0.29) is 5.91 Å². The average Bonchev–Trinajstić information content (AvgIpc) is 2.76. The predicted octanol–water partition coefficient (Wildman–Crippen LogP) is 3.83. The third-order valence-electron chi connectivity index (χ3n) is 4.40. The van der Waals surface area contributed by atoms with Crippen LogP contribution in [0.1, 0.15) is 28.0 Å². The number of carbonyl (C=O) groups is 1. The quantitative estimate of drug-likeness (QED) is 0.543. The van der Waals surface area contributed by atoms with E-state index in [0.717, 1.165) is 17.5 Å². The molecular weight excluding hydrogens is 364 g/mol. The van der Waals surface area contributed by atoms with E-state index < -0.39 is 0 Å². The molecule has 6 heteroatoms. The molecule has 6 nitrogen and oxygen atoms in total. The van der Waals surface area contributed by atoms with E-state index in [2.05, 4.69) is 51.8 Å². The molecule has 0 spiro atoms. The largest absolute Gasteiger partial charge is 0.385 e. The average molecular weight is 390 g/mol. The van der Waals surface area contributed by atoms with Crippen molar-refractivity contribution in [1.82, 2.24) is 15.3 Å². The van der Waals surface area contributed by atoms with E-state index >= 15 is 0 Å². The lowest BCUT2D eigenvalue weighted by atomic mass is 10.1. The van der Waals surface area contributed by atoms with Gasteiger partial charge in [0.15, 0.2) is 5.82 Å². The van der Waals surface area contributed by atoms with Crippen LogP contribution in [0.15, 0.2) is 60.7 Å². The number of amides is 1. The minimum absolute atomic E-state index is 0.223. The van der Waals surface area contributed by atoms with Gasteiger partial charge in [-0.25, -0.2) is 9.97 Å². The van der Waals surface area contributed by atoms with Gasteiger partial charge >= 0.3 is 0 Å². The van der Waals surface area contributed by atoms with E-state index in [4.69, 9.17) is 4.74 Å². The molecule has 2 aromatic carbocycles. The molecule has 1 aromatic heterocycles. The van der Waals surface area contributed by atoms with E-state index in [1.165, 1.54) is 5.56 Å². The zero-order chi connectivity index (χ0) is 20.5. The predicted molar refractivity (Wildman–Crippen MR) is 115 cm³/mol. The fraction of sp³-hybridized carbons (Fsp3) is 0.261. The molecule has 3 rings (SSSR count). The Kier molecular flexibility index (Phi) is 7.30. The highest BCUT2D eigenvalue weighted by Crippen LogP contribution is 2.18. The lowest BCUT2D eigenvalue weighted by Crippen LogP contribution is -2.26. The summed E-state index contributed by atoms with van der Waals surface area (Å²) >= 11 is 0. The van der Waals surface area contributed by atoms with Crippen molar-refractivity contribution in [2.24, 2.45) is 0 Å². The number of ether oxygens (including phenoxy) is 1. The molecule has 0 aliphatic carbocycles. The first-order valence-corrected chi connectivity index (χ1v) is 9.67. The van der Waals surface area contributed by atoms with Crippen LogP contribution in [0, 0.1) is 6.92 Å². The SMILES string of the molecule is COCCCNC(=O)c1cc(NCc2ccc(C)cc2)nc(-c2ccccc2)n1. The van der Waals surface area contributed by atoms with Crippen LogP contribution < -0.4 is 10.6 Å². The first-order chi connectivity index (χ1) is 14.2. The van der Waals surface area contributed by atoms with Crippen molar-refractivity contribution in [3.63, 3.8) is 0 Å². The molecule has 0 saturated heterocycles. The highest BCUT2D eigenvalue weighted by atomic mass is 16.5. The summed E-state index contributed by atoms with van der Waals surface area (Å²) in [6, 6.07) is 19.6. The Bertz CT molecular complexity index is 927. The lowest BCUT2D eigenvalue weighted by Gasteiger charge is -2.11. The highest BCUT2D eigenvalue weighted by Gasteiger charge is 2.13. The van der Waals surface area contributed by atoms with Crippen LogP contribution in [0.3, 0.4) is 0 Å². The fourth-order valence-corrected chi connectivity index (χ4v) is 2.78. The molecule has 150 valence electrons. The molecule has 0 unspecified atom stereocenters. The van der Waals surface area contributed by atoms with Crippen molar-refractivity contribution in [2.45, 2.75) is 19.9 Å². The number of methoxy groups -OCH3 is 1. The summed E-state index contributed by atoms with van der Waals surface area (Å²) in [6.45, 7) is 3.80. The van der Waals surface area contributed by atoms with Crippen LogP contribution in [0.4, 0.5) is 5.82 Å². The number of rotatable bonds is 9. The number of anilines is 1. The number of hydrogen-bond donors (Lipinski definition) is 2. The summed E-state index contributed by atoms with van der Waals surface area (Å²) in [5, 5.41) is 6.19. The van der Waals surface area contributed by atoms with Crippen LogP contribution in [0.2, 0.25) is 0 Å². The summed E-state index contributed by atoms with van der Waals surface area (Å²) in [6.07, 6.45) is 0.747. The van der Waals surface area contributed by atoms with Gasteiger partial charge in [-0.2, -0.15) is 0 Å². The third kappa shape index (κ3) is 6.12.